The number of benzene rings is 1. The minimum Gasteiger partial charge on any atom is -0.296 e. The summed E-state index contributed by atoms with van der Waals surface area (Å²) in [5.74, 6) is 0. The van der Waals surface area contributed by atoms with Crippen molar-refractivity contribution < 1.29 is 12.8 Å². The van der Waals surface area contributed by atoms with Gasteiger partial charge in [0.05, 0.1) is 38.6 Å². The molecule has 2 heterocycles. The van der Waals surface area contributed by atoms with Crippen LogP contribution in [0.4, 0.5) is 4.39 Å². The summed E-state index contributed by atoms with van der Waals surface area (Å²) in [7, 11) is -2.49. The standard InChI is InChI=1S/C18H19FN4O4S2/c1-11-20-12(9-28-11)8-23-16(24)14-7-13(3-4-15(14)22(2)17(23)25)29(26,27)21-18(10-19)5-6-18/h3-4,7,9,21H,5-6,8,10H2,1-2H3. The largest absolute Gasteiger partial charge is 0.331 e. The summed E-state index contributed by atoms with van der Waals surface area (Å²) in [5, 5.41) is 2.67. The molecule has 11 heteroatoms. The van der Waals surface area contributed by atoms with Crippen LogP contribution in [0.2, 0.25) is 0 Å². The van der Waals surface area contributed by atoms with E-state index >= 15 is 0 Å². The highest BCUT2D eigenvalue weighted by Gasteiger charge is 2.46. The fourth-order valence-electron chi connectivity index (χ4n) is 3.20. The average Bonchev–Trinajstić information content (AvgIpc) is 3.33. The molecule has 1 aromatic carbocycles. The number of aromatic nitrogens is 3. The molecule has 0 bridgehead atoms. The molecule has 1 fully saturated rings. The van der Waals surface area contributed by atoms with Gasteiger partial charge in [-0.25, -0.2) is 27.3 Å². The minimum absolute atomic E-state index is 0.00796. The first kappa shape index (κ1) is 19.9. The van der Waals surface area contributed by atoms with Gasteiger partial charge in [-0.2, -0.15) is 0 Å². The maximum atomic E-state index is 13.1. The molecule has 29 heavy (non-hydrogen) atoms. The Morgan fingerprint density at radius 2 is 2.03 bits per heavy atom. The average molecular weight is 439 g/mol. The zero-order chi connectivity index (χ0) is 21.0. The summed E-state index contributed by atoms with van der Waals surface area (Å²) >= 11 is 1.41. The van der Waals surface area contributed by atoms with Crippen molar-refractivity contribution in [2.75, 3.05) is 6.67 Å². The second-order valence-electron chi connectivity index (χ2n) is 7.29. The minimum atomic E-state index is -4.00. The number of aryl methyl sites for hydroxylation is 2. The molecule has 2 aromatic heterocycles. The summed E-state index contributed by atoms with van der Waals surface area (Å²) in [6, 6.07) is 3.96. The molecule has 8 nitrogen and oxygen atoms in total. The van der Waals surface area contributed by atoms with Crippen molar-refractivity contribution >= 4 is 32.3 Å². The van der Waals surface area contributed by atoms with Gasteiger partial charge >= 0.3 is 5.69 Å². The number of hydrogen-bond donors (Lipinski definition) is 1. The third-order valence-electron chi connectivity index (χ3n) is 5.08. The van der Waals surface area contributed by atoms with Gasteiger partial charge in [0.2, 0.25) is 10.0 Å². The Labute approximate surface area is 169 Å². The van der Waals surface area contributed by atoms with E-state index in [1.54, 1.807) is 5.38 Å². The highest BCUT2D eigenvalue weighted by molar-refractivity contribution is 7.89. The Morgan fingerprint density at radius 1 is 1.31 bits per heavy atom. The van der Waals surface area contributed by atoms with E-state index in [2.05, 4.69) is 9.71 Å². The summed E-state index contributed by atoms with van der Waals surface area (Å²) in [5.41, 5.74) is -1.26. The van der Waals surface area contributed by atoms with Gasteiger partial charge in [0.15, 0.2) is 0 Å². The van der Waals surface area contributed by atoms with Gasteiger partial charge in [-0.05, 0) is 38.0 Å². The maximum Gasteiger partial charge on any atom is 0.331 e. The number of halogens is 1. The molecule has 1 aliphatic rings. The molecular weight excluding hydrogens is 419 g/mol. The van der Waals surface area contributed by atoms with Crippen LogP contribution in [0.1, 0.15) is 23.5 Å². The smallest absolute Gasteiger partial charge is 0.296 e. The molecule has 1 saturated carbocycles. The van der Waals surface area contributed by atoms with E-state index in [-0.39, 0.29) is 16.8 Å². The summed E-state index contributed by atoms with van der Waals surface area (Å²) in [6.45, 7) is 1.03. The fraction of sp³-hybridized carbons (Fsp3) is 0.389. The Balaban J connectivity index is 1.83. The van der Waals surface area contributed by atoms with Crippen LogP contribution >= 0.6 is 11.3 Å². The number of thiazole rings is 1. The van der Waals surface area contributed by atoms with Crippen molar-refractivity contribution in [3.8, 4) is 0 Å². The number of fused-ring (bicyclic) bond motifs is 1. The number of sulfonamides is 1. The van der Waals surface area contributed by atoms with E-state index in [1.807, 2.05) is 6.92 Å². The van der Waals surface area contributed by atoms with Crippen molar-refractivity contribution in [3.05, 3.63) is 55.1 Å². The summed E-state index contributed by atoms with van der Waals surface area (Å²) < 4.78 is 43.2. The molecule has 154 valence electrons. The highest BCUT2D eigenvalue weighted by atomic mass is 32.2. The third-order valence-corrected chi connectivity index (χ3v) is 7.48. The second kappa shape index (κ2) is 6.85. The lowest BCUT2D eigenvalue weighted by Crippen LogP contribution is -2.40. The normalized spacial score (nSPS) is 15.7. The predicted molar refractivity (Wildman–Crippen MR) is 108 cm³/mol. The van der Waals surface area contributed by atoms with Gasteiger partial charge in [0, 0.05) is 12.4 Å². The molecule has 3 aromatic rings. The lowest BCUT2D eigenvalue weighted by molar-refractivity contribution is 0.393. The van der Waals surface area contributed by atoms with Crippen molar-refractivity contribution in [3.63, 3.8) is 0 Å². The van der Waals surface area contributed by atoms with Crippen molar-refractivity contribution in [1.82, 2.24) is 18.8 Å². The van der Waals surface area contributed by atoms with Gasteiger partial charge in [-0.3, -0.25) is 13.9 Å². The van der Waals surface area contributed by atoms with Crippen LogP contribution in [0.5, 0.6) is 0 Å². The Kier molecular flexibility index (Phi) is 4.71. The quantitative estimate of drug-likeness (QED) is 0.625. The third kappa shape index (κ3) is 3.53. The van der Waals surface area contributed by atoms with Gasteiger partial charge in [0.1, 0.15) is 6.67 Å². The van der Waals surface area contributed by atoms with Crippen LogP contribution < -0.4 is 16.0 Å². The van der Waals surface area contributed by atoms with Gasteiger partial charge in [0.25, 0.3) is 5.56 Å². The summed E-state index contributed by atoms with van der Waals surface area (Å²) in [4.78, 5) is 29.8. The van der Waals surface area contributed by atoms with Crippen LogP contribution in [0.25, 0.3) is 10.9 Å². The monoisotopic (exact) mass is 438 g/mol. The van der Waals surface area contributed by atoms with E-state index in [0.29, 0.717) is 24.1 Å². The maximum absolute atomic E-state index is 13.1. The number of nitrogens with one attached hydrogen (secondary N) is 1. The number of hydrogen-bond acceptors (Lipinski definition) is 6. The molecule has 0 amide bonds. The molecule has 0 saturated heterocycles. The summed E-state index contributed by atoms with van der Waals surface area (Å²) in [6.07, 6.45) is 0.870. The Hall–Kier alpha value is -2.37. The first-order chi connectivity index (χ1) is 13.7. The number of rotatable bonds is 6. The van der Waals surface area contributed by atoms with Crippen LogP contribution in [-0.2, 0) is 23.6 Å². The SMILES string of the molecule is Cc1nc(Cn2c(=O)c3cc(S(=O)(=O)NC4(CF)CC4)ccc3n(C)c2=O)cs1. The number of alkyl halides is 1. The van der Waals surface area contributed by atoms with E-state index in [4.69, 9.17) is 0 Å². The Bertz CT molecular complexity index is 1340. The van der Waals surface area contributed by atoms with E-state index in [1.165, 1.54) is 41.2 Å². The highest BCUT2D eigenvalue weighted by Crippen LogP contribution is 2.37. The topological polar surface area (TPSA) is 103 Å². The Morgan fingerprint density at radius 3 is 2.62 bits per heavy atom. The van der Waals surface area contributed by atoms with Gasteiger partial charge in [-0.15, -0.1) is 11.3 Å². The van der Waals surface area contributed by atoms with Crippen molar-refractivity contribution in [1.29, 1.82) is 0 Å². The molecule has 0 spiro atoms. The van der Waals surface area contributed by atoms with Gasteiger partial charge < -0.3 is 0 Å². The first-order valence-electron chi connectivity index (χ1n) is 8.90. The van der Waals surface area contributed by atoms with Crippen molar-refractivity contribution in [2.45, 2.75) is 36.7 Å². The van der Waals surface area contributed by atoms with Crippen LogP contribution in [0.3, 0.4) is 0 Å². The van der Waals surface area contributed by atoms with Crippen LogP contribution in [-0.4, -0.2) is 34.7 Å². The van der Waals surface area contributed by atoms with E-state index < -0.39 is 33.5 Å². The molecular formula is C18H19FN4O4S2. The molecule has 1 aliphatic carbocycles. The molecule has 1 N–H and O–H groups in total. The predicted octanol–water partition coefficient (Wildman–Crippen LogP) is 1.29. The van der Waals surface area contributed by atoms with Crippen LogP contribution in [0, 0.1) is 6.92 Å². The lowest BCUT2D eigenvalue weighted by atomic mass is 10.2. The molecule has 0 aliphatic heterocycles. The zero-order valence-electron chi connectivity index (χ0n) is 15.8. The van der Waals surface area contributed by atoms with Gasteiger partial charge in [-0.1, -0.05) is 0 Å². The second-order valence-corrected chi connectivity index (χ2v) is 10.0. The van der Waals surface area contributed by atoms with Crippen molar-refractivity contribution in [2.24, 2.45) is 7.05 Å². The molecule has 0 radical (unpaired) electrons. The van der Waals surface area contributed by atoms with Crippen LogP contribution in [0.15, 0.2) is 38.1 Å². The van der Waals surface area contributed by atoms with E-state index in [0.717, 1.165) is 9.57 Å². The molecule has 4 rings (SSSR count). The first-order valence-corrected chi connectivity index (χ1v) is 11.3. The zero-order valence-corrected chi connectivity index (χ0v) is 17.4. The lowest BCUT2D eigenvalue weighted by Gasteiger charge is -2.15. The fourth-order valence-corrected chi connectivity index (χ4v) is 5.27. The van der Waals surface area contributed by atoms with E-state index in [9.17, 15) is 22.4 Å². The molecule has 0 atom stereocenters. The molecule has 0 unspecified atom stereocenters. The number of nitrogens with zero attached hydrogens (tertiary/aromatic N) is 3.